The number of carbonyl (C=O) groups excluding carboxylic acids is 1. The second-order valence-electron chi connectivity index (χ2n) is 3.85. The lowest BCUT2D eigenvalue weighted by Gasteiger charge is -2.16. The zero-order chi connectivity index (χ0) is 15.5. The van der Waals surface area contributed by atoms with Gasteiger partial charge in [-0.2, -0.15) is 0 Å². The van der Waals surface area contributed by atoms with Crippen molar-refractivity contribution >= 4 is 57.5 Å². The van der Waals surface area contributed by atoms with Crippen LogP contribution in [0.15, 0.2) is 26.0 Å². The van der Waals surface area contributed by atoms with Crippen molar-refractivity contribution in [3.63, 3.8) is 0 Å². The van der Waals surface area contributed by atoms with E-state index < -0.39 is 9.05 Å². The molecule has 1 rings (SSSR count). The van der Waals surface area contributed by atoms with Crippen LogP contribution in [0.3, 0.4) is 0 Å². The molecule has 0 aliphatic carbocycles. The summed E-state index contributed by atoms with van der Waals surface area (Å²) >= 11 is 6.38. The molecule has 20 heavy (non-hydrogen) atoms. The second-order valence-corrected chi connectivity index (χ2v) is 8.13. The minimum absolute atomic E-state index is 0.0673. The number of hydrogen-bond acceptors (Lipinski definition) is 4. The van der Waals surface area contributed by atoms with Crippen LogP contribution in [-0.4, -0.2) is 39.4 Å². The van der Waals surface area contributed by atoms with Crippen LogP contribution in [-0.2, 0) is 13.8 Å². The maximum Gasteiger partial charge on any atom is 0.261 e. The lowest BCUT2D eigenvalue weighted by Crippen LogP contribution is -2.31. The van der Waals surface area contributed by atoms with Gasteiger partial charge in [0.1, 0.15) is 5.75 Å². The molecule has 0 aliphatic heterocycles. The fourth-order valence-corrected chi connectivity index (χ4v) is 3.74. The summed E-state index contributed by atoms with van der Waals surface area (Å²) in [5, 5.41) is 0. The van der Waals surface area contributed by atoms with Crippen molar-refractivity contribution in [3.8, 4) is 5.75 Å². The smallest absolute Gasteiger partial charge is 0.261 e. The molecule has 0 atom stereocenters. The molecule has 5 nitrogen and oxygen atoms in total. The van der Waals surface area contributed by atoms with Crippen LogP contribution in [0.5, 0.6) is 5.75 Å². The van der Waals surface area contributed by atoms with Crippen molar-refractivity contribution in [1.82, 2.24) is 4.90 Å². The molecule has 112 valence electrons. The van der Waals surface area contributed by atoms with Gasteiger partial charge >= 0.3 is 0 Å². The number of benzene rings is 1. The van der Waals surface area contributed by atoms with Crippen molar-refractivity contribution in [2.24, 2.45) is 0 Å². The molecular formula is C11H12Br2ClNO4S. The van der Waals surface area contributed by atoms with Gasteiger partial charge in [-0.05, 0) is 50.9 Å². The second kappa shape index (κ2) is 7.11. The summed E-state index contributed by atoms with van der Waals surface area (Å²) in [5.74, 6) is 0.160. The first-order valence-electron chi connectivity index (χ1n) is 5.47. The molecule has 0 aromatic heterocycles. The minimum atomic E-state index is -3.83. The Bertz CT molecular complexity index is 598. The number of nitrogens with zero attached hydrogens (tertiary/aromatic N) is 1. The predicted octanol–water partition coefficient (Wildman–Crippen LogP) is 3.00. The molecule has 1 amide bonds. The van der Waals surface area contributed by atoms with E-state index >= 15 is 0 Å². The average molecular weight is 450 g/mol. The lowest BCUT2D eigenvalue weighted by molar-refractivity contribution is -0.131. The number of rotatable bonds is 5. The third-order valence-electron chi connectivity index (χ3n) is 2.49. The Morgan fingerprint density at radius 1 is 1.35 bits per heavy atom. The van der Waals surface area contributed by atoms with Crippen molar-refractivity contribution in [2.75, 3.05) is 20.2 Å². The van der Waals surface area contributed by atoms with E-state index in [4.69, 9.17) is 15.4 Å². The summed E-state index contributed by atoms with van der Waals surface area (Å²) < 4.78 is 28.7. The summed E-state index contributed by atoms with van der Waals surface area (Å²) in [6, 6.07) is 2.63. The van der Waals surface area contributed by atoms with Crippen molar-refractivity contribution in [3.05, 3.63) is 21.1 Å². The van der Waals surface area contributed by atoms with Crippen LogP contribution in [0, 0.1) is 0 Å². The summed E-state index contributed by atoms with van der Waals surface area (Å²) in [6.07, 6.45) is 0. The van der Waals surface area contributed by atoms with E-state index in [2.05, 4.69) is 31.9 Å². The number of amides is 1. The van der Waals surface area contributed by atoms with E-state index in [0.717, 1.165) is 0 Å². The molecule has 0 bridgehead atoms. The van der Waals surface area contributed by atoms with Gasteiger partial charge in [0.05, 0.1) is 13.8 Å². The van der Waals surface area contributed by atoms with Crippen LogP contribution in [0.1, 0.15) is 6.92 Å². The molecule has 0 N–H and O–H groups in total. The Morgan fingerprint density at radius 3 is 2.25 bits per heavy atom. The van der Waals surface area contributed by atoms with Crippen LogP contribution >= 0.6 is 42.5 Å². The van der Waals surface area contributed by atoms with Gasteiger partial charge in [-0.25, -0.2) is 8.42 Å². The Hall–Kier alpha value is -0.310. The standard InChI is InChI=1S/C11H12Br2ClNO4S/c1-3-15(2)10(16)6-19-11-8(12)4-7(5-9(11)13)20(14,17)18/h4-5H,3,6H2,1-2H3. The molecule has 0 spiro atoms. The van der Waals surface area contributed by atoms with E-state index in [1.807, 2.05) is 6.92 Å². The van der Waals surface area contributed by atoms with Gasteiger partial charge in [0.25, 0.3) is 15.0 Å². The third kappa shape index (κ3) is 4.61. The highest BCUT2D eigenvalue weighted by molar-refractivity contribution is 9.11. The van der Waals surface area contributed by atoms with E-state index in [0.29, 0.717) is 21.2 Å². The largest absolute Gasteiger partial charge is 0.481 e. The van der Waals surface area contributed by atoms with Crippen LogP contribution in [0.25, 0.3) is 0 Å². The normalized spacial score (nSPS) is 11.2. The third-order valence-corrected chi connectivity index (χ3v) is 5.00. The first kappa shape index (κ1) is 17.7. The minimum Gasteiger partial charge on any atom is -0.481 e. The molecule has 1 aromatic rings. The molecule has 0 radical (unpaired) electrons. The molecule has 0 fully saturated rings. The molecule has 1 aromatic carbocycles. The maximum absolute atomic E-state index is 11.6. The van der Waals surface area contributed by atoms with Gasteiger partial charge in [0.15, 0.2) is 6.61 Å². The van der Waals surface area contributed by atoms with Gasteiger partial charge < -0.3 is 9.64 Å². The van der Waals surface area contributed by atoms with Gasteiger partial charge in [0.2, 0.25) is 0 Å². The molecule has 0 heterocycles. The van der Waals surface area contributed by atoms with Crippen LogP contribution < -0.4 is 4.74 Å². The van der Waals surface area contributed by atoms with Gasteiger partial charge in [-0.15, -0.1) is 0 Å². The number of carbonyl (C=O) groups is 1. The monoisotopic (exact) mass is 447 g/mol. The Balaban J connectivity index is 2.96. The summed E-state index contributed by atoms with van der Waals surface area (Å²) in [6.45, 7) is 2.28. The van der Waals surface area contributed by atoms with E-state index in [1.54, 1.807) is 7.05 Å². The molecule has 0 saturated heterocycles. The number of hydrogen-bond donors (Lipinski definition) is 0. The lowest BCUT2D eigenvalue weighted by atomic mass is 10.3. The number of likely N-dealkylation sites (N-methyl/N-ethyl adjacent to an activating group) is 1. The fraction of sp³-hybridized carbons (Fsp3) is 0.364. The van der Waals surface area contributed by atoms with Crippen molar-refractivity contribution < 1.29 is 17.9 Å². The SMILES string of the molecule is CCN(C)C(=O)COc1c(Br)cc(S(=O)(=O)Cl)cc1Br. The molecule has 9 heteroatoms. The van der Waals surface area contributed by atoms with E-state index in [9.17, 15) is 13.2 Å². The van der Waals surface area contributed by atoms with Crippen LogP contribution in [0.2, 0.25) is 0 Å². The Morgan fingerprint density at radius 2 is 1.85 bits per heavy atom. The topological polar surface area (TPSA) is 63.7 Å². The molecule has 0 aliphatic rings. The highest BCUT2D eigenvalue weighted by Gasteiger charge is 2.17. The molecular weight excluding hydrogens is 437 g/mol. The molecule has 0 saturated carbocycles. The fourth-order valence-electron chi connectivity index (χ4n) is 1.24. The maximum atomic E-state index is 11.6. The first-order valence-corrected chi connectivity index (χ1v) is 9.36. The summed E-state index contributed by atoms with van der Waals surface area (Å²) in [5.41, 5.74) is 0. The van der Waals surface area contributed by atoms with E-state index in [-0.39, 0.29) is 17.4 Å². The summed E-state index contributed by atoms with van der Waals surface area (Å²) in [4.78, 5) is 13.1. The highest BCUT2D eigenvalue weighted by atomic mass is 79.9. The van der Waals surface area contributed by atoms with Gasteiger partial charge in [0, 0.05) is 24.3 Å². The Labute approximate surface area is 138 Å². The zero-order valence-corrected chi connectivity index (χ0v) is 15.4. The number of halogens is 3. The zero-order valence-electron chi connectivity index (χ0n) is 10.7. The van der Waals surface area contributed by atoms with Crippen molar-refractivity contribution in [1.29, 1.82) is 0 Å². The van der Waals surface area contributed by atoms with Gasteiger partial charge in [-0.3, -0.25) is 4.79 Å². The summed E-state index contributed by atoms with van der Waals surface area (Å²) in [7, 11) is 3.11. The highest BCUT2D eigenvalue weighted by Crippen LogP contribution is 2.36. The number of ether oxygens (including phenoxy) is 1. The van der Waals surface area contributed by atoms with E-state index in [1.165, 1.54) is 17.0 Å². The first-order chi connectivity index (χ1) is 9.16. The average Bonchev–Trinajstić information content (AvgIpc) is 2.35. The molecule has 0 unspecified atom stereocenters. The van der Waals surface area contributed by atoms with Crippen LogP contribution in [0.4, 0.5) is 0 Å². The van der Waals surface area contributed by atoms with Gasteiger partial charge in [-0.1, -0.05) is 0 Å². The van der Waals surface area contributed by atoms with Crippen molar-refractivity contribution in [2.45, 2.75) is 11.8 Å². The Kier molecular flexibility index (Phi) is 6.30. The predicted molar refractivity (Wildman–Crippen MR) is 83.7 cm³/mol. The quantitative estimate of drug-likeness (QED) is 0.649.